The van der Waals surface area contributed by atoms with E-state index >= 15 is 0 Å². The van der Waals surface area contributed by atoms with Gasteiger partial charge in [-0.15, -0.1) is 0 Å². The van der Waals surface area contributed by atoms with Gasteiger partial charge in [0.25, 0.3) is 0 Å². The van der Waals surface area contributed by atoms with Crippen LogP contribution in [-0.2, 0) is 6.54 Å². The lowest BCUT2D eigenvalue weighted by Crippen LogP contribution is -2.11. The fourth-order valence-electron chi connectivity index (χ4n) is 1.45. The van der Waals surface area contributed by atoms with Crippen LogP contribution in [0.15, 0.2) is 30.5 Å². The Hall–Kier alpha value is -2.24. The number of carboxylic acid groups (broad SMARTS) is 1. The maximum Gasteiger partial charge on any atom is 0.354 e. The number of aromatic carboxylic acids is 1. The van der Waals surface area contributed by atoms with Gasteiger partial charge in [-0.3, -0.25) is 4.68 Å². The van der Waals surface area contributed by atoms with Gasteiger partial charge in [0.15, 0.2) is 11.6 Å². The molecule has 0 fully saturated rings. The summed E-state index contributed by atoms with van der Waals surface area (Å²) in [6.07, 6.45) is 1.34. The Bertz CT molecular complexity index is 566. The van der Waals surface area contributed by atoms with Crippen LogP contribution < -0.4 is 0 Å². The Morgan fingerprint density at radius 3 is 2.71 bits per heavy atom. The molecule has 1 aromatic carbocycles. The van der Waals surface area contributed by atoms with Crippen molar-refractivity contribution >= 4 is 5.97 Å². The van der Waals surface area contributed by atoms with E-state index in [0.29, 0.717) is 5.56 Å². The summed E-state index contributed by atoms with van der Waals surface area (Å²) in [7, 11) is 0. The third-order valence-corrected chi connectivity index (χ3v) is 2.25. The zero-order chi connectivity index (χ0) is 12.4. The first-order valence-corrected chi connectivity index (χ1v) is 4.77. The molecule has 88 valence electrons. The van der Waals surface area contributed by atoms with E-state index in [4.69, 9.17) is 5.11 Å². The smallest absolute Gasteiger partial charge is 0.354 e. The summed E-state index contributed by atoms with van der Waals surface area (Å²) in [6.45, 7) is 0.0752. The predicted octanol–water partition coefficient (Wildman–Crippen LogP) is 1.91. The predicted molar refractivity (Wildman–Crippen MR) is 54.6 cm³/mol. The molecule has 17 heavy (non-hydrogen) atoms. The first-order chi connectivity index (χ1) is 8.08. The third kappa shape index (κ3) is 2.30. The number of hydrogen-bond donors (Lipinski definition) is 1. The van der Waals surface area contributed by atoms with E-state index in [1.807, 2.05) is 0 Å². The van der Waals surface area contributed by atoms with Gasteiger partial charge in [0.2, 0.25) is 0 Å². The number of hydrogen-bond acceptors (Lipinski definition) is 2. The van der Waals surface area contributed by atoms with Crippen molar-refractivity contribution in [2.24, 2.45) is 0 Å². The second-order valence-corrected chi connectivity index (χ2v) is 3.43. The molecule has 4 nitrogen and oxygen atoms in total. The highest BCUT2D eigenvalue weighted by Gasteiger charge is 2.11. The highest BCUT2D eigenvalue weighted by Crippen LogP contribution is 2.11. The van der Waals surface area contributed by atoms with Crippen molar-refractivity contribution in [3.05, 3.63) is 53.4 Å². The number of halogens is 2. The van der Waals surface area contributed by atoms with Gasteiger partial charge in [0, 0.05) is 6.20 Å². The lowest BCUT2D eigenvalue weighted by atomic mass is 10.2. The van der Waals surface area contributed by atoms with Crippen LogP contribution >= 0.6 is 0 Å². The molecule has 0 unspecified atom stereocenters. The second kappa shape index (κ2) is 4.32. The van der Waals surface area contributed by atoms with Gasteiger partial charge in [-0.05, 0) is 23.8 Å². The fraction of sp³-hybridized carbons (Fsp3) is 0.0909. The molecule has 1 N–H and O–H groups in total. The summed E-state index contributed by atoms with van der Waals surface area (Å²) in [4.78, 5) is 10.8. The molecule has 2 rings (SSSR count). The van der Waals surface area contributed by atoms with E-state index < -0.39 is 17.6 Å². The summed E-state index contributed by atoms with van der Waals surface area (Å²) in [6, 6.07) is 4.73. The number of carbonyl (C=O) groups is 1. The van der Waals surface area contributed by atoms with Gasteiger partial charge in [0.1, 0.15) is 5.69 Å². The lowest BCUT2D eigenvalue weighted by molar-refractivity contribution is 0.0684. The molecule has 0 saturated heterocycles. The summed E-state index contributed by atoms with van der Waals surface area (Å²) in [5, 5.41) is 12.6. The number of benzene rings is 1. The highest BCUT2D eigenvalue weighted by atomic mass is 19.2. The first-order valence-electron chi connectivity index (χ1n) is 4.77. The van der Waals surface area contributed by atoms with E-state index in [1.54, 1.807) is 0 Å². The topological polar surface area (TPSA) is 55.1 Å². The van der Waals surface area contributed by atoms with E-state index in [-0.39, 0.29) is 12.2 Å². The molecule has 0 saturated carbocycles. The average Bonchev–Trinajstić information content (AvgIpc) is 2.72. The van der Waals surface area contributed by atoms with Crippen molar-refractivity contribution in [3.8, 4) is 0 Å². The molecule has 0 amide bonds. The molecule has 0 radical (unpaired) electrons. The minimum atomic E-state index is -1.12. The van der Waals surface area contributed by atoms with Crippen molar-refractivity contribution in [2.75, 3.05) is 0 Å². The van der Waals surface area contributed by atoms with Crippen LogP contribution in [0.1, 0.15) is 16.1 Å². The number of nitrogens with zero attached hydrogens (tertiary/aromatic N) is 2. The average molecular weight is 238 g/mol. The van der Waals surface area contributed by atoms with E-state index in [9.17, 15) is 13.6 Å². The maximum atomic E-state index is 12.9. The van der Waals surface area contributed by atoms with Gasteiger partial charge < -0.3 is 5.11 Å². The molecule has 6 heteroatoms. The van der Waals surface area contributed by atoms with E-state index in [1.165, 1.54) is 23.0 Å². The number of carboxylic acids is 1. The van der Waals surface area contributed by atoms with Crippen molar-refractivity contribution in [1.82, 2.24) is 9.78 Å². The molecule has 0 aliphatic rings. The molecule has 0 bridgehead atoms. The van der Waals surface area contributed by atoms with Crippen molar-refractivity contribution in [2.45, 2.75) is 6.54 Å². The van der Waals surface area contributed by atoms with Crippen molar-refractivity contribution in [1.29, 1.82) is 0 Å². The SMILES string of the molecule is O=C(O)c1ccnn1Cc1ccc(F)c(F)c1. The Morgan fingerprint density at radius 2 is 2.06 bits per heavy atom. The normalized spacial score (nSPS) is 10.5. The Labute approximate surface area is 95.1 Å². The summed E-state index contributed by atoms with van der Waals surface area (Å²) >= 11 is 0. The maximum absolute atomic E-state index is 12.9. The van der Waals surface area contributed by atoms with Crippen LogP contribution in [0.2, 0.25) is 0 Å². The van der Waals surface area contributed by atoms with Crippen molar-refractivity contribution in [3.63, 3.8) is 0 Å². The molecule has 1 aromatic heterocycles. The lowest BCUT2D eigenvalue weighted by Gasteiger charge is -2.05. The van der Waals surface area contributed by atoms with Gasteiger partial charge in [0.05, 0.1) is 6.54 Å². The van der Waals surface area contributed by atoms with Crippen LogP contribution in [0.4, 0.5) is 8.78 Å². The minimum Gasteiger partial charge on any atom is -0.477 e. The molecule has 2 aromatic rings. The molecular formula is C11H8F2N2O2. The standard InChI is InChI=1S/C11H8F2N2O2/c12-8-2-1-7(5-9(8)13)6-15-10(11(16)17)3-4-14-15/h1-5H,6H2,(H,16,17). The summed E-state index contributed by atoms with van der Waals surface area (Å²) in [5.41, 5.74) is 0.435. The molecule has 0 aliphatic carbocycles. The fourth-order valence-corrected chi connectivity index (χ4v) is 1.45. The Balaban J connectivity index is 2.28. The number of rotatable bonds is 3. The second-order valence-electron chi connectivity index (χ2n) is 3.43. The zero-order valence-corrected chi connectivity index (χ0v) is 8.60. The van der Waals surface area contributed by atoms with Gasteiger partial charge in [-0.25, -0.2) is 13.6 Å². The van der Waals surface area contributed by atoms with E-state index in [2.05, 4.69) is 5.10 Å². The van der Waals surface area contributed by atoms with Gasteiger partial charge >= 0.3 is 5.97 Å². The first kappa shape index (κ1) is 11.3. The minimum absolute atomic E-state index is 0.00488. The van der Waals surface area contributed by atoms with Crippen LogP contribution in [-0.4, -0.2) is 20.9 Å². The summed E-state index contributed by atoms with van der Waals surface area (Å²) in [5.74, 6) is -3.02. The van der Waals surface area contributed by atoms with Gasteiger partial charge in [-0.1, -0.05) is 6.07 Å². The highest BCUT2D eigenvalue weighted by molar-refractivity contribution is 5.85. The van der Waals surface area contributed by atoms with Crippen LogP contribution in [0, 0.1) is 11.6 Å². The van der Waals surface area contributed by atoms with Crippen LogP contribution in [0.5, 0.6) is 0 Å². The monoisotopic (exact) mass is 238 g/mol. The van der Waals surface area contributed by atoms with Crippen molar-refractivity contribution < 1.29 is 18.7 Å². The van der Waals surface area contributed by atoms with Crippen LogP contribution in [0.25, 0.3) is 0 Å². The Morgan fingerprint density at radius 1 is 1.29 bits per heavy atom. The quantitative estimate of drug-likeness (QED) is 0.888. The van der Waals surface area contributed by atoms with E-state index in [0.717, 1.165) is 12.1 Å². The largest absolute Gasteiger partial charge is 0.477 e. The van der Waals surface area contributed by atoms with Crippen LogP contribution in [0.3, 0.4) is 0 Å². The molecular weight excluding hydrogens is 230 g/mol. The zero-order valence-electron chi connectivity index (χ0n) is 8.60. The third-order valence-electron chi connectivity index (χ3n) is 2.25. The molecule has 1 heterocycles. The molecule has 0 aliphatic heterocycles. The summed E-state index contributed by atoms with van der Waals surface area (Å²) < 4.78 is 26.8. The van der Waals surface area contributed by atoms with Gasteiger partial charge in [-0.2, -0.15) is 5.10 Å². The number of aromatic nitrogens is 2. The molecule has 0 spiro atoms. The molecule has 0 atom stereocenters. The Kier molecular flexibility index (Phi) is 2.86.